The lowest BCUT2D eigenvalue weighted by molar-refractivity contribution is 0.989. The predicted molar refractivity (Wildman–Crippen MR) is 68.1 cm³/mol. The number of imidazole rings is 1. The van der Waals surface area contributed by atoms with Gasteiger partial charge >= 0.3 is 0 Å². The maximum Gasteiger partial charge on any atom is 0.147 e. The molecule has 2 N–H and O–H groups in total. The minimum absolute atomic E-state index is 0.635. The predicted octanol–water partition coefficient (Wildman–Crippen LogP) is 2.33. The Morgan fingerprint density at radius 1 is 1.35 bits per heavy atom. The smallest absolute Gasteiger partial charge is 0.147 e. The van der Waals surface area contributed by atoms with Gasteiger partial charge in [0, 0.05) is 12.4 Å². The van der Waals surface area contributed by atoms with E-state index in [-0.39, 0.29) is 0 Å². The summed E-state index contributed by atoms with van der Waals surface area (Å²) < 4.78 is 1.09. The third-order valence-corrected chi connectivity index (χ3v) is 3.60. The molecule has 3 heterocycles. The summed E-state index contributed by atoms with van der Waals surface area (Å²) in [5.74, 6) is 1.76. The van der Waals surface area contributed by atoms with Crippen molar-refractivity contribution < 1.29 is 0 Å². The molecule has 0 aliphatic rings. The van der Waals surface area contributed by atoms with Crippen LogP contribution in [0, 0.1) is 6.92 Å². The largest absolute Gasteiger partial charge is 0.362 e. The molecular formula is C11H11N5S. The first-order chi connectivity index (χ1) is 8.34. The van der Waals surface area contributed by atoms with Crippen molar-refractivity contribution in [3.05, 3.63) is 35.5 Å². The summed E-state index contributed by atoms with van der Waals surface area (Å²) in [6.07, 6.45) is 5.14. The minimum atomic E-state index is 0.635. The summed E-state index contributed by atoms with van der Waals surface area (Å²) in [7, 11) is 0. The van der Waals surface area contributed by atoms with E-state index in [0.29, 0.717) is 6.54 Å². The Kier molecular flexibility index (Phi) is 2.49. The van der Waals surface area contributed by atoms with E-state index in [1.807, 2.05) is 6.20 Å². The van der Waals surface area contributed by atoms with Crippen LogP contribution in [0.15, 0.2) is 24.1 Å². The van der Waals surface area contributed by atoms with E-state index in [1.165, 1.54) is 5.56 Å². The van der Waals surface area contributed by atoms with E-state index in [9.17, 15) is 0 Å². The third kappa shape index (κ3) is 1.87. The summed E-state index contributed by atoms with van der Waals surface area (Å²) in [5, 5.41) is 5.36. The van der Waals surface area contributed by atoms with Crippen molar-refractivity contribution in [3.63, 3.8) is 0 Å². The Morgan fingerprint density at radius 3 is 3.12 bits per heavy atom. The average molecular weight is 245 g/mol. The molecule has 0 saturated heterocycles. The molecule has 0 fully saturated rings. The van der Waals surface area contributed by atoms with Gasteiger partial charge in [0.2, 0.25) is 0 Å². The quantitative estimate of drug-likeness (QED) is 0.743. The molecule has 0 aliphatic heterocycles. The first kappa shape index (κ1) is 10.2. The maximum atomic E-state index is 4.28. The topological polar surface area (TPSA) is 66.5 Å². The van der Waals surface area contributed by atoms with E-state index in [2.05, 4.69) is 37.6 Å². The van der Waals surface area contributed by atoms with Gasteiger partial charge in [-0.2, -0.15) is 0 Å². The zero-order valence-corrected chi connectivity index (χ0v) is 10.1. The molecule has 0 aliphatic carbocycles. The van der Waals surface area contributed by atoms with Crippen LogP contribution in [0.4, 0.5) is 5.82 Å². The van der Waals surface area contributed by atoms with Crippen molar-refractivity contribution in [2.24, 2.45) is 0 Å². The van der Waals surface area contributed by atoms with Crippen molar-refractivity contribution in [1.29, 1.82) is 0 Å². The highest BCUT2D eigenvalue weighted by atomic mass is 32.1. The highest BCUT2D eigenvalue weighted by molar-refractivity contribution is 7.17. The Labute approximate surface area is 102 Å². The highest BCUT2D eigenvalue weighted by Crippen LogP contribution is 2.28. The van der Waals surface area contributed by atoms with Crippen molar-refractivity contribution >= 4 is 27.4 Å². The summed E-state index contributed by atoms with van der Waals surface area (Å²) >= 11 is 1.66. The monoisotopic (exact) mass is 245 g/mol. The fraction of sp³-hybridized carbons (Fsp3) is 0.182. The number of anilines is 1. The second-order valence-corrected chi connectivity index (χ2v) is 4.59. The van der Waals surface area contributed by atoms with Crippen LogP contribution < -0.4 is 5.32 Å². The first-order valence-electron chi connectivity index (χ1n) is 5.25. The normalized spacial score (nSPS) is 10.9. The number of rotatable bonds is 3. The van der Waals surface area contributed by atoms with Crippen LogP contribution in [-0.4, -0.2) is 19.9 Å². The van der Waals surface area contributed by atoms with Gasteiger partial charge in [-0.15, -0.1) is 11.3 Å². The van der Waals surface area contributed by atoms with E-state index in [0.717, 1.165) is 21.9 Å². The molecule has 3 aromatic heterocycles. The fourth-order valence-corrected chi connectivity index (χ4v) is 2.63. The number of thiophene rings is 1. The Bertz CT molecular complexity index is 628. The number of nitrogens with one attached hydrogen (secondary N) is 2. The van der Waals surface area contributed by atoms with Gasteiger partial charge in [-0.25, -0.2) is 15.0 Å². The van der Waals surface area contributed by atoms with Gasteiger partial charge in [-0.05, 0) is 17.9 Å². The van der Waals surface area contributed by atoms with Gasteiger partial charge in [-0.1, -0.05) is 0 Å². The molecule has 0 spiro atoms. The molecule has 0 atom stereocenters. The number of H-pyrrole nitrogens is 1. The van der Waals surface area contributed by atoms with Gasteiger partial charge in [0.15, 0.2) is 0 Å². The average Bonchev–Trinajstić information content (AvgIpc) is 2.97. The van der Waals surface area contributed by atoms with Crippen LogP contribution in [0.3, 0.4) is 0 Å². The molecule has 0 aromatic carbocycles. The first-order valence-corrected chi connectivity index (χ1v) is 6.13. The van der Waals surface area contributed by atoms with E-state index in [1.54, 1.807) is 23.9 Å². The number of aromatic nitrogens is 4. The van der Waals surface area contributed by atoms with Crippen LogP contribution >= 0.6 is 11.3 Å². The third-order valence-electron chi connectivity index (χ3n) is 2.51. The Morgan fingerprint density at radius 2 is 2.29 bits per heavy atom. The molecule has 0 bridgehead atoms. The molecule has 3 aromatic rings. The highest BCUT2D eigenvalue weighted by Gasteiger charge is 2.07. The molecule has 6 heteroatoms. The lowest BCUT2D eigenvalue weighted by atomic mass is 10.3. The second-order valence-electron chi connectivity index (χ2n) is 3.71. The Balaban J connectivity index is 1.90. The van der Waals surface area contributed by atoms with Crippen molar-refractivity contribution in [3.8, 4) is 0 Å². The lowest BCUT2D eigenvalue weighted by Gasteiger charge is -2.03. The van der Waals surface area contributed by atoms with Crippen LogP contribution in [0.2, 0.25) is 0 Å². The standard InChI is InChI=1S/C11H11N5S/c1-7-5-17-10-9(7)15-6-16-11(10)14-4-8-12-2-3-13-8/h2-3,5-6H,4H2,1H3,(H,12,13)(H,14,15,16). The zero-order chi connectivity index (χ0) is 11.7. The molecule has 0 saturated carbocycles. The molecular weight excluding hydrogens is 234 g/mol. The van der Waals surface area contributed by atoms with Gasteiger partial charge in [0.05, 0.1) is 16.8 Å². The van der Waals surface area contributed by atoms with Crippen LogP contribution in [-0.2, 0) is 6.54 Å². The van der Waals surface area contributed by atoms with Crippen molar-refractivity contribution in [2.75, 3.05) is 5.32 Å². The van der Waals surface area contributed by atoms with E-state index >= 15 is 0 Å². The Hall–Kier alpha value is -1.95. The zero-order valence-electron chi connectivity index (χ0n) is 9.27. The van der Waals surface area contributed by atoms with Gasteiger partial charge in [-0.3, -0.25) is 0 Å². The number of fused-ring (bicyclic) bond motifs is 1. The molecule has 86 valence electrons. The summed E-state index contributed by atoms with van der Waals surface area (Å²) in [5.41, 5.74) is 2.21. The minimum Gasteiger partial charge on any atom is -0.362 e. The molecule has 0 radical (unpaired) electrons. The SMILES string of the molecule is Cc1csc2c(NCc3ncc[nH]3)ncnc12. The number of nitrogens with zero attached hydrogens (tertiary/aromatic N) is 3. The lowest BCUT2D eigenvalue weighted by Crippen LogP contribution is -2.03. The van der Waals surface area contributed by atoms with Gasteiger partial charge in [0.25, 0.3) is 0 Å². The molecule has 3 rings (SSSR count). The van der Waals surface area contributed by atoms with Crippen LogP contribution in [0.25, 0.3) is 10.2 Å². The molecule has 5 nitrogen and oxygen atoms in total. The van der Waals surface area contributed by atoms with Crippen LogP contribution in [0.1, 0.15) is 11.4 Å². The van der Waals surface area contributed by atoms with Gasteiger partial charge < -0.3 is 10.3 Å². The van der Waals surface area contributed by atoms with E-state index < -0.39 is 0 Å². The van der Waals surface area contributed by atoms with Crippen molar-refractivity contribution in [2.45, 2.75) is 13.5 Å². The molecule has 0 amide bonds. The fourth-order valence-electron chi connectivity index (χ4n) is 1.66. The van der Waals surface area contributed by atoms with Gasteiger partial charge in [0.1, 0.15) is 18.0 Å². The number of aromatic amines is 1. The molecule has 17 heavy (non-hydrogen) atoms. The van der Waals surface area contributed by atoms with Crippen molar-refractivity contribution in [1.82, 2.24) is 19.9 Å². The van der Waals surface area contributed by atoms with Crippen LogP contribution in [0.5, 0.6) is 0 Å². The second kappa shape index (κ2) is 4.14. The number of aryl methyl sites for hydroxylation is 1. The number of hydrogen-bond acceptors (Lipinski definition) is 5. The van der Waals surface area contributed by atoms with E-state index in [4.69, 9.17) is 0 Å². The summed E-state index contributed by atoms with van der Waals surface area (Å²) in [6, 6.07) is 0. The number of hydrogen-bond donors (Lipinski definition) is 2. The maximum absolute atomic E-state index is 4.28. The molecule has 0 unspecified atom stereocenters. The summed E-state index contributed by atoms with van der Waals surface area (Å²) in [6.45, 7) is 2.69. The summed E-state index contributed by atoms with van der Waals surface area (Å²) in [4.78, 5) is 15.8.